The third-order valence-electron chi connectivity index (χ3n) is 1.13. The largest absolute Gasteiger partial charge is 0.492 e. The van der Waals surface area contributed by atoms with Crippen LogP contribution >= 0.6 is 0 Å². The number of aromatic nitrogens is 2. The van der Waals surface area contributed by atoms with E-state index in [0.717, 1.165) is 0 Å². The molecule has 4 heteroatoms. The maximum absolute atomic E-state index is 8.92. The van der Waals surface area contributed by atoms with Gasteiger partial charge < -0.3 is 5.11 Å². The van der Waals surface area contributed by atoms with Crippen molar-refractivity contribution in [3.05, 3.63) is 17.6 Å². The Bertz CT molecular complexity index is 269. The van der Waals surface area contributed by atoms with Gasteiger partial charge in [0.2, 0.25) is 5.88 Å². The van der Waals surface area contributed by atoms with Crippen LogP contribution in [0.2, 0.25) is 0 Å². The zero-order valence-corrected chi connectivity index (χ0v) is 5.37. The van der Waals surface area contributed by atoms with Crippen LogP contribution in [0.25, 0.3) is 0 Å². The minimum Gasteiger partial charge on any atom is -0.492 e. The first-order valence-corrected chi connectivity index (χ1v) is 2.66. The lowest BCUT2D eigenvalue weighted by Crippen LogP contribution is -1.89. The first-order valence-electron chi connectivity index (χ1n) is 2.66. The van der Waals surface area contributed by atoms with Gasteiger partial charge in [0.15, 0.2) is 0 Å². The second kappa shape index (κ2) is 2.31. The van der Waals surface area contributed by atoms with E-state index in [0.29, 0.717) is 5.69 Å². The summed E-state index contributed by atoms with van der Waals surface area (Å²) < 4.78 is 0. The predicted octanol–water partition coefficient (Wildman–Crippen LogP) is 0.362. The molecule has 0 amide bonds. The number of aromatic hydroxyl groups is 1. The molecule has 1 rings (SSSR count). The smallest absolute Gasteiger partial charge is 0.232 e. The van der Waals surface area contributed by atoms with Gasteiger partial charge in [0, 0.05) is 0 Å². The average Bonchev–Trinajstić information content (AvgIpc) is 1.88. The fourth-order valence-electron chi connectivity index (χ4n) is 0.592. The highest BCUT2D eigenvalue weighted by Gasteiger charge is 2.03. The van der Waals surface area contributed by atoms with Gasteiger partial charge in [-0.2, -0.15) is 5.26 Å². The standard InChI is InChI=1S/C6H5N3O/c1-4-5(2-7)6(10)9-3-8-4/h3H,1H3,(H,8,9,10). The van der Waals surface area contributed by atoms with Crippen LogP contribution < -0.4 is 0 Å². The highest BCUT2D eigenvalue weighted by molar-refractivity contribution is 5.39. The lowest BCUT2D eigenvalue weighted by Gasteiger charge is -1.94. The Morgan fingerprint density at radius 3 is 2.70 bits per heavy atom. The van der Waals surface area contributed by atoms with Crippen LogP contribution in [0.3, 0.4) is 0 Å². The van der Waals surface area contributed by atoms with Gasteiger partial charge in [0.25, 0.3) is 0 Å². The van der Waals surface area contributed by atoms with E-state index in [9.17, 15) is 0 Å². The van der Waals surface area contributed by atoms with E-state index < -0.39 is 0 Å². The number of rotatable bonds is 0. The fraction of sp³-hybridized carbons (Fsp3) is 0.167. The topological polar surface area (TPSA) is 69.8 Å². The summed E-state index contributed by atoms with van der Waals surface area (Å²) in [4.78, 5) is 7.15. The molecule has 0 aliphatic heterocycles. The molecule has 0 saturated heterocycles. The molecule has 1 N–H and O–H groups in total. The number of hydrogen-bond donors (Lipinski definition) is 1. The van der Waals surface area contributed by atoms with Crippen LogP contribution in [0.5, 0.6) is 5.88 Å². The Kier molecular flexibility index (Phi) is 1.50. The van der Waals surface area contributed by atoms with Crippen LogP contribution in [0, 0.1) is 18.3 Å². The van der Waals surface area contributed by atoms with Crippen LogP contribution in [0.15, 0.2) is 6.33 Å². The van der Waals surface area contributed by atoms with E-state index in [1.54, 1.807) is 13.0 Å². The van der Waals surface area contributed by atoms with Crippen molar-refractivity contribution in [2.45, 2.75) is 6.92 Å². The Morgan fingerprint density at radius 1 is 1.60 bits per heavy atom. The number of nitriles is 1. The van der Waals surface area contributed by atoms with Crippen molar-refractivity contribution in [3.63, 3.8) is 0 Å². The molecule has 4 nitrogen and oxygen atoms in total. The molecule has 1 heterocycles. The van der Waals surface area contributed by atoms with Gasteiger partial charge in [0.05, 0.1) is 5.69 Å². The second-order valence-corrected chi connectivity index (χ2v) is 1.77. The van der Waals surface area contributed by atoms with Crippen LogP contribution in [-0.4, -0.2) is 15.1 Å². The van der Waals surface area contributed by atoms with E-state index >= 15 is 0 Å². The fourth-order valence-corrected chi connectivity index (χ4v) is 0.592. The lowest BCUT2D eigenvalue weighted by atomic mass is 10.2. The number of aryl methyl sites for hydroxylation is 1. The van der Waals surface area contributed by atoms with Crippen molar-refractivity contribution in [1.82, 2.24) is 9.97 Å². The maximum Gasteiger partial charge on any atom is 0.232 e. The first-order chi connectivity index (χ1) is 4.75. The molecule has 0 fully saturated rings. The summed E-state index contributed by atoms with van der Waals surface area (Å²) in [7, 11) is 0. The zero-order chi connectivity index (χ0) is 7.56. The Hall–Kier alpha value is -1.63. The Balaban J connectivity index is 3.34. The molecule has 0 radical (unpaired) electrons. The van der Waals surface area contributed by atoms with Crippen molar-refractivity contribution < 1.29 is 5.11 Å². The molecule has 0 aliphatic rings. The SMILES string of the molecule is Cc1ncnc(O)c1C#N. The molecular weight excluding hydrogens is 130 g/mol. The van der Waals surface area contributed by atoms with Gasteiger partial charge in [-0.05, 0) is 6.92 Å². The summed E-state index contributed by atoms with van der Waals surface area (Å²) >= 11 is 0. The van der Waals surface area contributed by atoms with Crippen molar-refractivity contribution in [3.8, 4) is 11.9 Å². The summed E-state index contributed by atoms with van der Waals surface area (Å²) in [5, 5.41) is 17.3. The summed E-state index contributed by atoms with van der Waals surface area (Å²) in [5.41, 5.74) is 0.637. The molecule has 0 aliphatic carbocycles. The molecule has 0 aromatic carbocycles. The van der Waals surface area contributed by atoms with Gasteiger partial charge in [-0.25, -0.2) is 9.97 Å². The molecule has 0 spiro atoms. The van der Waals surface area contributed by atoms with Crippen molar-refractivity contribution >= 4 is 0 Å². The van der Waals surface area contributed by atoms with Crippen LogP contribution in [-0.2, 0) is 0 Å². The molecule has 1 aromatic heterocycles. The molecule has 0 atom stereocenters. The van der Waals surface area contributed by atoms with Gasteiger partial charge in [-0.3, -0.25) is 0 Å². The van der Waals surface area contributed by atoms with E-state index in [2.05, 4.69) is 9.97 Å². The molecular formula is C6H5N3O. The minimum atomic E-state index is -0.255. The van der Waals surface area contributed by atoms with E-state index in [4.69, 9.17) is 10.4 Å². The Morgan fingerprint density at radius 2 is 2.30 bits per heavy atom. The van der Waals surface area contributed by atoms with E-state index in [-0.39, 0.29) is 11.4 Å². The molecule has 50 valence electrons. The van der Waals surface area contributed by atoms with Gasteiger partial charge >= 0.3 is 0 Å². The van der Waals surface area contributed by atoms with Crippen LogP contribution in [0.1, 0.15) is 11.3 Å². The molecule has 1 aromatic rings. The highest BCUT2D eigenvalue weighted by atomic mass is 16.3. The maximum atomic E-state index is 8.92. The summed E-state index contributed by atoms with van der Waals surface area (Å²) in [5.74, 6) is -0.255. The first kappa shape index (κ1) is 6.49. The molecule has 0 saturated carbocycles. The van der Waals surface area contributed by atoms with Gasteiger partial charge in [-0.1, -0.05) is 0 Å². The van der Waals surface area contributed by atoms with E-state index in [1.165, 1.54) is 6.33 Å². The van der Waals surface area contributed by atoms with Crippen LogP contribution in [0.4, 0.5) is 0 Å². The Labute approximate surface area is 57.8 Å². The predicted molar refractivity (Wildman–Crippen MR) is 33.1 cm³/mol. The third kappa shape index (κ3) is 0.890. The minimum absolute atomic E-state index is 0.141. The molecule has 10 heavy (non-hydrogen) atoms. The van der Waals surface area contributed by atoms with Crippen molar-refractivity contribution in [2.75, 3.05) is 0 Å². The third-order valence-corrected chi connectivity index (χ3v) is 1.13. The summed E-state index contributed by atoms with van der Waals surface area (Å²) in [6.07, 6.45) is 1.21. The van der Waals surface area contributed by atoms with Crippen molar-refractivity contribution in [1.29, 1.82) is 5.26 Å². The lowest BCUT2D eigenvalue weighted by molar-refractivity contribution is 0.449. The monoisotopic (exact) mass is 135 g/mol. The molecule has 0 bridgehead atoms. The zero-order valence-electron chi connectivity index (χ0n) is 5.37. The van der Waals surface area contributed by atoms with E-state index in [1.807, 2.05) is 0 Å². The summed E-state index contributed by atoms with van der Waals surface area (Å²) in [6.45, 7) is 1.64. The van der Waals surface area contributed by atoms with Gasteiger partial charge in [0.1, 0.15) is 18.0 Å². The normalized spacial score (nSPS) is 8.80. The quantitative estimate of drug-likeness (QED) is 0.557. The number of hydrogen-bond acceptors (Lipinski definition) is 4. The number of nitrogens with zero attached hydrogens (tertiary/aromatic N) is 3. The average molecular weight is 135 g/mol. The second-order valence-electron chi connectivity index (χ2n) is 1.77. The van der Waals surface area contributed by atoms with Crippen molar-refractivity contribution in [2.24, 2.45) is 0 Å². The summed E-state index contributed by atoms with van der Waals surface area (Å²) in [6, 6.07) is 1.79. The molecule has 0 unspecified atom stereocenters. The van der Waals surface area contributed by atoms with Gasteiger partial charge in [-0.15, -0.1) is 0 Å². The highest BCUT2D eigenvalue weighted by Crippen LogP contribution is 2.12.